The van der Waals surface area contributed by atoms with Crippen molar-refractivity contribution in [3.8, 4) is 0 Å². The molecule has 3 rings (SSSR count). The predicted octanol–water partition coefficient (Wildman–Crippen LogP) is 3.39. The highest BCUT2D eigenvalue weighted by atomic mass is 32.1. The summed E-state index contributed by atoms with van der Waals surface area (Å²) in [6, 6.07) is 15.0. The van der Waals surface area contributed by atoms with Gasteiger partial charge in [-0.15, -0.1) is 5.10 Å². The number of benzene rings is 2. The van der Waals surface area contributed by atoms with Gasteiger partial charge >= 0.3 is 0 Å². The van der Waals surface area contributed by atoms with E-state index in [2.05, 4.69) is 64.3 Å². The van der Waals surface area contributed by atoms with Crippen molar-refractivity contribution in [1.29, 1.82) is 0 Å². The first kappa shape index (κ1) is 12.3. The van der Waals surface area contributed by atoms with E-state index in [1.165, 1.54) is 27.9 Å². The van der Waals surface area contributed by atoms with Crippen LogP contribution in [0.1, 0.15) is 24.2 Å². The van der Waals surface area contributed by atoms with E-state index in [9.17, 15) is 0 Å². The summed E-state index contributed by atoms with van der Waals surface area (Å²) in [5.74, 6) is 0. The molecule has 2 aromatic carbocycles. The average Bonchev–Trinajstić information content (AvgIpc) is 2.98. The summed E-state index contributed by atoms with van der Waals surface area (Å²) in [6.45, 7) is 3.00. The Labute approximate surface area is 116 Å². The average molecular weight is 269 g/mol. The zero-order valence-electron chi connectivity index (χ0n) is 10.7. The summed E-state index contributed by atoms with van der Waals surface area (Å²) in [4.78, 5) is 0. The quantitative estimate of drug-likeness (QED) is 0.789. The van der Waals surface area contributed by atoms with Gasteiger partial charge in [-0.05, 0) is 34.4 Å². The topological polar surface area (TPSA) is 37.8 Å². The minimum absolute atomic E-state index is 0.106. The maximum absolute atomic E-state index is 4.22. The van der Waals surface area contributed by atoms with Crippen LogP contribution in [0.3, 0.4) is 0 Å². The van der Waals surface area contributed by atoms with Crippen molar-refractivity contribution in [3.63, 3.8) is 0 Å². The fourth-order valence-corrected chi connectivity index (χ4v) is 2.86. The molecule has 1 aromatic heterocycles. The first-order valence-corrected chi connectivity index (χ1v) is 7.22. The number of nitrogens with one attached hydrogen (secondary N) is 1. The number of nitrogens with zero attached hydrogens (tertiary/aromatic N) is 2. The van der Waals surface area contributed by atoms with E-state index < -0.39 is 0 Å². The van der Waals surface area contributed by atoms with Crippen LogP contribution in [0.25, 0.3) is 10.8 Å². The third-order valence-electron chi connectivity index (χ3n) is 3.22. The van der Waals surface area contributed by atoms with Crippen molar-refractivity contribution < 1.29 is 0 Å². The SMILES string of the molecule is CCNC(c1csnn1)c1cccc2ccccc12. The first-order chi connectivity index (χ1) is 9.40. The molecule has 19 heavy (non-hydrogen) atoms. The minimum Gasteiger partial charge on any atom is -0.305 e. The van der Waals surface area contributed by atoms with Gasteiger partial charge in [-0.1, -0.05) is 53.9 Å². The standard InChI is InChI=1S/C15H15N3S/c1-2-16-15(14-10-19-18-17-14)13-9-5-7-11-6-3-4-8-12(11)13/h3-10,15-16H,2H2,1H3. The lowest BCUT2D eigenvalue weighted by Crippen LogP contribution is -2.22. The van der Waals surface area contributed by atoms with Gasteiger partial charge in [0, 0.05) is 5.38 Å². The molecule has 0 spiro atoms. The second-order valence-corrected chi connectivity index (χ2v) is 5.00. The Bertz CT molecular complexity index is 659. The van der Waals surface area contributed by atoms with E-state index in [0.717, 1.165) is 12.2 Å². The molecule has 0 radical (unpaired) electrons. The predicted molar refractivity (Wildman–Crippen MR) is 79.4 cm³/mol. The number of hydrogen-bond acceptors (Lipinski definition) is 4. The van der Waals surface area contributed by atoms with Gasteiger partial charge in [0.15, 0.2) is 0 Å². The van der Waals surface area contributed by atoms with Crippen molar-refractivity contribution in [2.45, 2.75) is 13.0 Å². The molecule has 0 fully saturated rings. The summed E-state index contributed by atoms with van der Waals surface area (Å²) >= 11 is 1.39. The van der Waals surface area contributed by atoms with Crippen LogP contribution in [0.4, 0.5) is 0 Å². The molecule has 1 unspecified atom stereocenters. The van der Waals surface area contributed by atoms with Gasteiger partial charge in [0.2, 0.25) is 0 Å². The fourth-order valence-electron chi connectivity index (χ4n) is 2.38. The van der Waals surface area contributed by atoms with Crippen molar-refractivity contribution in [1.82, 2.24) is 14.9 Å². The molecule has 4 heteroatoms. The molecule has 1 atom stereocenters. The third-order valence-corrected chi connectivity index (χ3v) is 3.74. The Hall–Kier alpha value is -1.78. The lowest BCUT2D eigenvalue weighted by molar-refractivity contribution is 0.617. The highest BCUT2D eigenvalue weighted by Gasteiger charge is 2.17. The number of aromatic nitrogens is 2. The Morgan fingerprint density at radius 1 is 1.16 bits per heavy atom. The summed E-state index contributed by atoms with van der Waals surface area (Å²) in [5, 5.41) is 12.3. The molecule has 0 aliphatic heterocycles. The first-order valence-electron chi connectivity index (χ1n) is 6.38. The lowest BCUT2D eigenvalue weighted by Gasteiger charge is -2.17. The Morgan fingerprint density at radius 2 is 2.00 bits per heavy atom. The van der Waals surface area contributed by atoms with Gasteiger partial charge in [0.25, 0.3) is 0 Å². The van der Waals surface area contributed by atoms with Gasteiger partial charge in [-0.2, -0.15) is 0 Å². The van der Waals surface area contributed by atoms with Crippen LogP contribution >= 0.6 is 11.5 Å². The molecule has 0 aliphatic rings. The molecule has 3 nitrogen and oxygen atoms in total. The van der Waals surface area contributed by atoms with Crippen molar-refractivity contribution in [2.24, 2.45) is 0 Å². The Morgan fingerprint density at radius 3 is 2.79 bits per heavy atom. The summed E-state index contributed by atoms with van der Waals surface area (Å²) in [6.07, 6.45) is 0. The van der Waals surface area contributed by atoms with Crippen LogP contribution < -0.4 is 5.32 Å². The molecule has 0 saturated heterocycles. The molecular formula is C15H15N3S. The van der Waals surface area contributed by atoms with E-state index in [4.69, 9.17) is 0 Å². The van der Waals surface area contributed by atoms with Gasteiger partial charge in [0.1, 0.15) is 0 Å². The molecule has 0 amide bonds. The van der Waals surface area contributed by atoms with Crippen LogP contribution in [0.5, 0.6) is 0 Å². The highest BCUT2D eigenvalue weighted by Crippen LogP contribution is 2.28. The molecule has 0 saturated carbocycles. The van der Waals surface area contributed by atoms with E-state index in [1.807, 2.05) is 5.38 Å². The third kappa shape index (κ3) is 2.37. The van der Waals surface area contributed by atoms with Crippen molar-refractivity contribution >= 4 is 22.3 Å². The smallest absolute Gasteiger partial charge is 0.0970 e. The van der Waals surface area contributed by atoms with Gasteiger partial charge < -0.3 is 5.32 Å². The number of fused-ring (bicyclic) bond motifs is 1. The van der Waals surface area contributed by atoms with E-state index in [0.29, 0.717) is 0 Å². The largest absolute Gasteiger partial charge is 0.305 e. The monoisotopic (exact) mass is 269 g/mol. The fraction of sp³-hybridized carbons (Fsp3) is 0.200. The molecule has 1 heterocycles. The van der Waals surface area contributed by atoms with Crippen LogP contribution in [-0.4, -0.2) is 16.1 Å². The van der Waals surface area contributed by atoms with Crippen LogP contribution in [-0.2, 0) is 0 Å². The van der Waals surface area contributed by atoms with Crippen LogP contribution in [0.15, 0.2) is 47.8 Å². The maximum atomic E-state index is 4.22. The molecule has 1 N–H and O–H groups in total. The number of hydrogen-bond donors (Lipinski definition) is 1. The normalized spacial score (nSPS) is 12.7. The number of rotatable bonds is 4. The minimum atomic E-state index is 0.106. The summed E-state index contributed by atoms with van der Waals surface area (Å²) in [7, 11) is 0. The lowest BCUT2D eigenvalue weighted by atomic mass is 9.97. The Kier molecular flexibility index (Phi) is 3.53. The van der Waals surface area contributed by atoms with Crippen LogP contribution in [0.2, 0.25) is 0 Å². The van der Waals surface area contributed by atoms with E-state index in [1.54, 1.807) is 0 Å². The van der Waals surface area contributed by atoms with Gasteiger partial charge in [-0.3, -0.25) is 0 Å². The van der Waals surface area contributed by atoms with E-state index >= 15 is 0 Å². The second kappa shape index (κ2) is 5.47. The maximum Gasteiger partial charge on any atom is 0.0970 e. The molecule has 0 bridgehead atoms. The highest BCUT2D eigenvalue weighted by molar-refractivity contribution is 7.03. The Balaban J connectivity index is 2.15. The van der Waals surface area contributed by atoms with Crippen LogP contribution in [0, 0.1) is 0 Å². The van der Waals surface area contributed by atoms with Gasteiger partial charge in [0.05, 0.1) is 11.7 Å². The van der Waals surface area contributed by atoms with E-state index in [-0.39, 0.29) is 6.04 Å². The summed E-state index contributed by atoms with van der Waals surface area (Å²) in [5.41, 5.74) is 2.25. The zero-order valence-corrected chi connectivity index (χ0v) is 11.5. The van der Waals surface area contributed by atoms with Crippen molar-refractivity contribution in [3.05, 3.63) is 59.1 Å². The van der Waals surface area contributed by atoms with Crippen molar-refractivity contribution in [2.75, 3.05) is 6.54 Å². The van der Waals surface area contributed by atoms with Gasteiger partial charge in [-0.25, -0.2) is 0 Å². The molecule has 96 valence electrons. The summed E-state index contributed by atoms with van der Waals surface area (Å²) < 4.78 is 3.98. The molecule has 3 aromatic rings. The second-order valence-electron chi connectivity index (χ2n) is 4.39. The molecule has 0 aliphatic carbocycles. The molecular weight excluding hydrogens is 254 g/mol. The zero-order chi connectivity index (χ0) is 13.1.